The third-order valence-electron chi connectivity index (χ3n) is 4.15. The lowest BCUT2D eigenvalue weighted by Gasteiger charge is -2.12. The van der Waals surface area contributed by atoms with Gasteiger partial charge < -0.3 is 0 Å². The number of rotatable bonds is 3. The summed E-state index contributed by atoms with van der Waals surface area (Å²) in [5, 5.41) is 0. The van der Waals surface area contributed by atoms with Crippen molar-refractivity contribution in [2.45, 2.75) is 33.5 Å². The predicted molar refractivity (Wildman–Crippen MR) is 108 cm³/mol. The summed E-state index contributed by atoms with van der Waals surface area (Å²) in [6, 6.07) is 20.3. The molecule has 0 unspecified atom stereocenters. The van der Waals surface area contributed by atoms with E-state index in [1.165, 1.54) is 32.7 Å². The highest BCUT2D eigenvalue weighted by Gasteiger charge is 2.22. The van der Waals surface area contributed by atoms with Crippen molar-refractivity contribution < 1.29 is 0 Å². The summed E-state index contributed by atoms with van der Waals surface area (Å²) in [6.45, 7) is 11.6. The molecule has 0 amide bonds. The first-order valence-corrected chi connectivity index (χ1v) is 12.4. The lowest BCUT2D eigenvalue weighted by atomic mass is 10.0. The standard InChI is InChI=1S/C21H24SSi/c1-15-6-10-17(11-7-15)19-14-20(23(3,4)5)22-21(19)18-12-8-16(2)9-13-18/h6-14H,1-5H3. The average Bonchev–Trinajstić information content (AvgIpc) is 2.94. The first kappa shape index (κ1) is 16.2. The van der Waals surface area contributed by atoms with E-state index in [2.05, 4.69) is 88.1 Å². The molecule has 23 heavy (non-hydrogen) atoms. The van der Waals surface area contributed by atoms with E-state index >= 15 is 0 Å². The van der Waals surface area contributed by atoms with Gasteiger partial charge in [0.1, 0.15) is 0 Å². The summed E-state index contributed by atoms with van der Waals surface area (Å²) >= 11 is 1.99. The average molecular weight is 337 g/mol. The largest absolute Gasteiger partial charge is 0.144 e. The van der Waals surface area contributed by atoms with Crippen molar-refractivity contribution in [1.29, 1.82) is 0 Å². The third kappa shape index (κ3) is 3.49. The van der Waals surface area contributed by atoms with Crippen molar-refractivity contribution in [3.63, 3.8) is 0 Å². The number of benzene rings is 2. The Hall–Kier alpha value is -1.64. The highest BCUT2D eigenvalue weighted by atomic mass is 32.1. The maximum absolute atomic E-state index is 2.44. The second kappa shape index (κ2) is 6.10. The Bertz CT molecular complexity index is 740. The molecule has 0 spiro atoms. The van der Waals surface area contributed by atoms with Gasteiger partial charge in [-0.25, -0.2) is 0 Å². The minimum atomic E-state index is -1.31. The van der Waals surface area contributed by atoms with Gasteiger partial charge in [-0.2, -0.15) is 0 Å². The van der Waals surface area contributed by atoms with Gasteiger partial charge in [0.2, 0.25) is 0 Å². The van der Waals surface area contributed by atoms with Gasteiger partial charge in [0.15, 0.2) is 0 Å². The summed E-state index contributed by atoms with van der Waals surface area (Å²) < 4.78 is 1.57. The van der Waals surface area contributed by atoms with E-state index in [0.717, 1.165) is 0 Å². The number of hydrogen-bond donors (Lipinski definition) is 0. The molecule has 0 nitrogen and oxygen atoms in total. The first-order valence-electron chi connectivity index (χ1n) is 8.13. The van der Waals surface area contributed by atoms with Crippen LogP contribution in [0.2, 0.25) is 19.6 Å². The zero-order valence-electron chi connectivity index (χ0n) is 14.6. The SMILES string of the molecule is Cc1ccc(-c2cc([Si](C)(C)C)sc2-c2ccc(C)cc2)cc1. The molecule has 2 heteroatoms. The molecule has 0 aliphatic rings. The first-order chi connectivity index (χ1) is 10.8. The van der Waals surface area contributed by atoms with Gasteiger partial charge >= 0.3 is 0 Å². The number of thiophene rings is 1. The molecule has 118 valence electrons. The second-order valence-corrected chi connectivity index (χ2v) is 13.8. The van der Waals surface area contributed by atoms with Crippen LogP contribution in [0.15, 0.2) is 54.6 Å². The topological polar surface area (TPSA) is 0 Å². The van der Waals surface area contributed by atoms with Crippen molar-refractivity contribution in [2.24, 2.45) is 0 Å². The van der Waals surface area contributed by atoms with E-state index in [0.29, 0.717) is 0 Å². The molecule has 0 bridgehead atoms. The summed E-state index contributed by atoms with van der Waals surface area (Å²) in [6.07, 6.45) is 0. The zero-order chi connectivity index (χ0) is 16.6. The van der Waals surface area contributed by atoms with Crippen molar-refractivity contribution in [1.82, 2.24) is 0 Å². The fraction of sp³-hybridized carbons (Fsp3) is 0.238. The van der Waals surface area contributed by atoms with Crippen LogP contribution in [0.3, 0.4) is 0 Å². The predicted octanol–water partition coefficient (Wildman–Crippen LogP) is 6.24. The molecular formula is C21H24SSi. The van der Waals surface area contributed by atoms with E-state index in [-0.39, 0.29) is 0 Å². The minimum Gasteiger partial charge on any atom is -0.144 e. The molecule has 0 aliphatic carbocycles. The Labute approximate surface area is 144 Å². The van der Waals surface area contributed by atoms with Crippen LogP contribution in [0.25, 0.3) is 21.6 Å². The van der Waals surface area contributed by atoms with Crippen LogP contribution in [-0.4, -0.2) is 8.07 Å². The smallest absolute Gasteiger partial charge is 0.0904 e. The van der Waals surface area contributed by atoms with Gasteiger partial charge in [-0.15, -0.1) is 11.3 Å². The van der Waals surface area contributed by atoms with E-state index in [1.54, 1.807) is 4.50 Å². The van der Waals surface area contributed by atoms with Crippen LogP contribution in [0.5, 0.6) is 0 Å². The van der Waals surface area contributed by atoms with Crippen LogP contribution < -0.4 is 4.50 Å². The van der Waals surface area contributed by atoms with Gasteiger partial charge in [-0.1, -0.05) is 79.3 Å². The highest BCUT2D eigenvalue weighted by molar-refractivity contribution is 7.29. The number of aryl methyl sites for hydroxylation is 2. The van der Waals surface area contributed by atoms with Gasteiger partial charge in [0, 0.05) is 10.4 Å². The van der Waals surface area contributed by atoms with Gasteiger partial charge in [0.25, 0.3) is 0 Å². The van der Waals surface area contributed by atoms with Crippen LogP contribution in [0.1, 0.15) is 11.1 Å². The molecule has 0 saturated heterocycles. The molecule has 1 aromatic heterocycles. The summed E-state index contributed by atoms with van der Waals surface area (Å²) in [5.41, 5.74) is 6.67. The van der Waals surface area contributed by atoms with Crippen molar-refractivity contribution in [2.75, 3.05) is 0 Å². The summed E-state index contributed by atoms with van der Waals surface area (Å²) in [5.74, 6) is 0. The van der Waals surface area contributed by atoms with Crippen LogP contribution in [-0.2, 0) is 0 Å². The molecule has 0 fully saturated rings. The normalized spacial score (nSPS) is 11.7. The monoisotopic (exact) mass is 336 g/mol. The quantitative estimate of drug-likeness (QED) is 0.496. The lowest BCUT2D eigenvalue weighted by Crippen LogP contribution is -2.34. The van der Waals surface area contributed by atoms with E-state index in [1.807, 2.05) is 11.3 Å². The Morgan fingerprint density at radius 2 is 1.17 bits per heavy atom. The molecule has 2 aromatic carbocycles. The summed E-state index contributed by atoms with van der Waals surface area (Å²) in [7, 11) is -1.31. The maximum atomic E-state index is 2.44. The summed E-state index contributed by atoms with van der Waals surface area (Å²) in [4.78, 5) is 1.41. The van der Waals surface area contributed by atoms with Gasteiger partial charge in [-0.3, -0.25) is 0 Å². The lowest BCUT2D eigenvalue weighted by molar-refractivity contribution is 1.47. The van der Waals surface area contributed by atoms with E-state index < -0.39 is 8.07 Å². The van der Waals surface area contributed by atoms with Crippen molar-refractivity contribution >= 4 is 23.9 Å². The minimum absolute atomic E-state index is 1.31. The Kier molecular flexibility index (Phi) is 4.30. The van der Waals surface area contributed by atoms with Crippen molar-refractivity contribution in [3.8, 4) is 21.6 Å². The fourth-order valence-corrected chi connectivity index (χ4v) is 5.67. The van der Waals surface area contributed by atoms with E-state index in [4.69, 9.17) is 0 Å². The Morgan fingerprint density at radius 1 is 0.696 bits per heavy atom. The highest BCUT2D eigenvalue weighted by Crippen LogP contribution is 2.37. The zero-order valence-corrected chi connectivity index (χ0v) is 16.4. The Morgan fingerprint density at radius 3 is 1.65 bits per heavy atom. The molecule has 3 rings (SSSR count). The molecule has 0 atom stereocenters. The number of hydrogen-bond acceptors (Lipinski definition) is 1. The molecule has 1 heterocycles. The van der Waals surface area contributed by atoms with Crippen LogP contribution in [0, 0.1) is 13.8 Å². The molecule has 3 aromatic rings. The van der Waals surface area contributed by atoms with E-state index in [9.17, 15) is 0 Å². The maximum Gasteiger partial charge on any atom is 0.0904 e. The molecular weight excluding hydrogens is 312 g/mol. The van der Waals surface area contributed by atoms with Gasteiger partial charge in [-0.05, 0) is 35.5 Å². The van der Waals surface area contributed by atoms with Crippen LogP contribution in [0.4, 0.5) is 0 Å². The third-order valence-corrected chi connectivity index (χ3v) is 8.91. The van der Waals surface area contributed by atoms with Crippen LogP contribution >= 0.6 is 11.3 Å². The fourth-order valence-electron chi connectivity index (χ4n) is 2.63. The van der Waals surface area contributed by atoms with Crippen molar-refractivity contribution in [3.05, 3.63) is 65.7 Å². The second-order valence-electron chi connectivity index (χ2n) is 7.34. The Balaban J connectivity index is 2.18. The molecule has 0 aliphatic heterocycles. The molecule has 0 saturated carbocycles. The molecule has 0 N–H and O–H groups in total. The van der Waals surface area contributed by atoms with Gasteiger partial charge in [0.05, 0.1) is 8.07 Å². The molecule has 0 radical (unpaired) electrons.